The summed E-state index contributed by atoms with van der Waals surface area (Å²) < 4.78 is 38.5. The van der Waals surface area contributed by atoms with Crippen molar-refractivity contribution in [2.24, 2.45) is 0 Å². The average Bonchev–Trinajstić information content (AvgIpc) is 3.31. The SMILES string of the molecule is Cc1cc(C(=O)NC2CC2)nc(Nc2cc(C(F)(F)F)ccc2Cl)n1. The number of rotatable bonds is 4. The van der Waals surface area contributed by atoms with E-state index >= 15 is 0 Å². The van der Waals surface area contributed by atoms with Crippen molar-refractivity contribution < 1.29 is 18.0 Å². The molecule has 0 atom stereocenters. The van der Waals surface area contributed by atoms with Crippen LogP contribution in [-0.4, -0.2) is 21.9 Å². The number of aromatic nitrogens is 2. The molecule has 1 aliphatic carbocycles. The summed E-state index contributed by atoms with van der Waals surface area (Å²) in [6, 6.07) is 4.58. The Morgan fingerprint density at radius 3 is 2.60 bits per heavy atom. The molecule has 1 heterocycles. The largest absolute Gasteiger partial charge is 0.416 e. The molecule has 5 nitrogen and oxygen atoms in total. The predicted octanol–water partition coefficient (Wildman–Crippen LogP) is 4.09. The van der Waals surface area contributed by atoms with Crippen molar-refractivity contribution in [1.29, 1.82) is 0 Å². The second-order valence-corrected chi connectivity index (χ2v) is 6.19. The Kier molecular flexibility index (Phi) is 4.55. The van der Waals surface area contributed by atoms with Gasteiger partial charge in [-0.15, -0.1) is 0 Å². The average molecular weight is 371 g/mol. The summed E-state index contributed by atoms with van der Waals surface area (Å²) in [7, 11) is 0. The number of nitrogens with one attached hydrogen (secondary N) is 2. The molecule has 1 amide bonds. The van der Waals surface area contributed by atoms with Crippen molar-refractivity contribution in [1.82, 2.24) is 15.3 Å². The maximum atomic E-state index is 12.8. The van der Waals surface area contributed by atoms with Crippen molar-refractivity contribution in [3.63, 3.8) is 0 Å². The minimum atomic E-state index is -4.50. The van der Waals surface area contributed by atoms with E-state index in [9.17, 15) is 18.0 Å². The smallest absolute Gasteiger partial charge is 0.348 e. The van der Waals surface area contributed by atoms with Crippen LogP contribution in [0.4, 0.5) is 24.8 Å². The summed E-state index contributed by atoms with van der Waals surface area (Å²) in [6.07, 6.45) is -2.63. The molecule has 0 radical (unpaired) electrons. The maximum Gasteiger partial charge on any atom is 0.416 e. The van der Waals surface area contributed by atoms with Crippen LogP contribution in [0.25, 0.3) is 0 Å². The Bertz CT molecular complexity index is 822. The van der Waals surface area contributed by atoms with Gasteiger partial charge in [0.2, 0.25) is 5.95 Å². The molecule has 9 heteroatoms. The highest BCUT2D eigenvalue weighted by Gasteiger charge is 2.31. The van der Waals surface area contributed by atoms with Gasteiger partial charge in [-0.25, -0.2) is 9.97 Å². The Labute approximate surface area is 146 Å². The maximum absolute atomic E-state index is 12.8. The Hall–Kier alpha value is -2.35. The third-order valence-electron chi connectivity index (χ3n) is 3.54. The van der Waals surface area contributed by atoms with Gasteiger partial charge in [-0.3, -0.25) is 4.79 Å². The highest BCUT2D eigenvalue weighted by atomic mass is 35.5. The zero-order valence-corrected chi connectivity index (χ0v) is 13.9. The van der Waals surface area contributed by atoms with Crippen LogP contribution in [0.5, 0.6) is 0 Å². The number of nitrogens with zero attached hydrogens (tertiary/aromatic N) is 2. The van der Waals surface area contributed by atoms with Crippen LogP contribution in [-0.2, 0) is 6.18 Å². The standard InChI is InChI=1S/C16H14ClF3N4O/c1-8-6-13(14(25)22-10-3-4-10)24-15(21-8)23-12-7-9(16(18,19)20)2-5-11(12)17/h2,5-7,10H,3-4H2,1H3,(H,22,25)(H,21,23,24). The van der Waals surface area contributed by atoms with E-state index in [2.05, 4.69) is 20.6 Å². The van der Waals surface area contributed by atoms with Crippen molar-refractivity contribution in [2.75, 3.05) is 5.32 Å². The van der Waals surface area contributed by atoms with Gasteiger partial charge in [-0.1, -0.05) is 11.6 Å². The molecule has 1 saturated carbocycles. The molecule has 25 heavy (non-hydrogen) atoms. The number of amides is 1. The second kappa shape index (κ2) is 6.51. The highest BCUT2D eigenvalue weighted by molar-refractivity contribution is 6.33. The van der Waals surface area contributed by atoms with E-state index < -0.39 is 11.7 Å². The molecular weight excluding hydrogens is 357 g/mol. The lowest BCUT2D eigenvalue weighted by atomic mass is 10.2. The Morgan fingerprint density at radius 2 is 1.96 bits per heavy atom. The monoisotopic (exact) mass is 370 g/mol. The van der Waals surface area contributed by atoms with Gasteiger partial charge in [0, 0.05) is 11.7 Å². The summed E-state index contributed by atoms with van der Waals surface area (Å²) in [5.74, 6) is -0.339. The molecule has 1 aromatic heterocycles. The number of carbonyl (C=O) groups excluding carboxylic acids is 1. The first-order valence-electron chi connectivity index (χ1n) is 7.53. The van der Waals surface area contributed by atoms with Gasteiger partial charge in [0.05, 0.1) is 16.3 Å². The van der Waals surface area contributed by atoms with Crippen LogP contribution >= 0.6 is 11.6 Å². The number of hydrogen-bond acceptors (Lipinski definition) is 4. The first-order valence-corrected chi connectivity index (χ1v) is 7.90. The first-order chi connectivity index (χ1) is 11.7. The number of carbonyl (C=O) groups is 1. The fourth-order valence-electron chi connectivity index (χ4n) is 2.15. The zero-order valence-electron chi connectivity index (χ0n) is 13.1. The minimum absolute atomic E-state index is 0.00201. The number of alkyl halides is 3. The van der Waals surface area contributed by atoms with Gasteiger partial charge >= 0.3 is 6.18 Å². The topological polar surface area (TPSA) is 66.9 Å². The molecule has 0 aliphatic heterocycles. The zero-order chi connectivity index (χ0) is 18.2. The van der Waals surface area contributed by atoms with Gasteiger partial charge < -0.3 is 10.6 Å². The summed E-state index contributed by atoms with van der Waals surface area (Å²) in [5, 5.41) is 5.54. The van der Waals surface area contributed by atoms with Crippen molar-refractivity contribution in [2.45, 2.75) is 32.0 Å². The van der Waals surface area contributed by atoms with Crippen molar-refractivity contribution in [3.8, 4) is 0 Å². The molecule has 1 fully saturated rings. The van der Waals surface area contributed by atoms with Crippen LogP contribution in [0.3, 0.4) is 0 Å². The van der Waals surface area contributed by atoms with E-state index in [1.165, 1.54) is 6.07 Å². The Balaban J connectivity index is 1.87. The molecule has 2 aromatic rings. The van der Waals surface area contributed by atoms with E-state index in [4.69, 9.17) is 11.6 Å². The molecule has 2 N–H and O–H groups in total. The van der Waals surface area contributed by atoms with E-state index in [0.717, 1.165) is 31.0 Å². The van der Waals surface area contributed by atoms with Gasteiger partial charge in [0.1, 0.15) is 5.69 Å². The number of hydrogen-bond donors (Lipinski definition) is 2. The molecule has 3 rings (SSSR count). The summed E-state index contributed by atoms with van der Waals surface area (Å²) in [4.78, 5) is 20.3. The van der Waals surface area contributed by atoms with E-state index in [-0.39, 0.29) is 34.3 Å². The summed E-state index contributed by atoms with van der Waals surface area (Å²) in [5.41, 5.74) is -0.194. The normalized spacial score (nSPS) is 14.3. The lowest BCUT2D eigenvalue weighted by Gasteiger charge is -2.12. The molecular formula is C16H14ClF3N4O. The van der Waals surface area contributed by atoms with Crippen LogP contribution in [0.15, 0.2) is 24.3 Å². The lowest BCUT2D eigenvalue weighted by molar-refractivity contribution is -0.137. The predicted molar refractivity (Wildman–Crippen MR) is 87.0 cm³/mol. The van der Waals surface area contributed by atoms with Gasteiger partial charge in [0.25, 0.3) is 5.91 Å². The molecule has 0 saturated heterocycles. The van der Waals surface area contributed by atoms with Crippen LogP contribution < -0.4 is 10.6 Å². The number of aryl methyl sites for hydroxylation is 1. The summed E-state index contributed by atoms with van der Waals surface area (Å²) >= 11 is 5.95. The number of halogens is 4. The third kappa shape index (κ3) is 4.39. The molecule has 0 spiro atoms. The van der Waals surface area contributed by atoms with Gasteiger partial charge in [-0.2, -0.15) is 13.2 Å². The molecule has 1 aliphatic rings. The second-order valence-electron chi connectivity index (χ2n) is 5.78. The lowest BCUT2D eigenvalue weighted by Crippen LogP contribution is -2.26. The summed E-state index contributed by atoms with van der Waals surface area (Å²) in [6.45, 7) is 1.66. The number of anilines is 2. The fourth-order valence-corrected chi connectivity index (χ4v) is 2.31. The van der Waals surface area contributed by atoms with Crippen molar-refractivity contribution in [3.05, 3.63) is 46.2 Å². The first kappa shape index (κ1) is 17.5. The van der Waals surface area contributed by atoms with Crippen LogP contribution in [0.2, 0.25) is 5.02 Å². The quantitative estimate of drug-likeness (QED) is 0.850. The Morgan fingerprint density at radius 1 is 1.24 bits per heavy atom. The molecule has 1 aromatic carbocycles. The molecule has 0 unspecified atom stereocenters. The van der Waals surface area contributed by atoms with Crippen LogP contribution in [0, 0.1) is 6.92 Å². The van der Waals surface area contributed by atoms with Crippen molar-refractivity contribution >= 4 is 29.1 Å². The highest BCUT2D eigenvalue weighted by Crippen LogP contribution is 2.34. The van der Waals surface area contributed by atoms with E-state index in [1.807, 2.05) is 0 Å². The minimum Gasteiger partial charge on any atom is -0.348 e. The van der Waals surface area contributed by atoms with E-state index in [1.54, 1.807) is 6.92 Å². The molecule has 0 bridgehead atoms. The van der Waals surface area contributed by atoms with Gasteiger partial charge in [0.15, 0.2) is 0 Å². The fraction of sp³-hybridized carbons (Fsp3) is 0.312. The van der Waals surface area contributed by atoms with Gasteiger partial charge in [-0.05, 0) is 44.0 Å². The van der Waals surface area contributed by atoms with Crippen LogP contribution in [0.1, 0.15) is 34.6 Å². The third-order valence-corrected chi connectivity index (χ3v) is 3.87. The van der Waals surface area contributed by atoms with E-state index in [0.29, 0.717) is 5.69 Å². The molecule has 132 valence electrons. The number of benzene rings is 1.